The number of aromatic nitrogens is 1. The number of pyridine rings is 1. The van der Waals surface area contributed by atoms with E-state index in [9.17, 15) is 9.59 Å². The molecule has 2 amide bonds. The van der Waals surface area contributed by atoms with Crippen LogP contribution in [-0.4, -0.2) is 49.0 Å². The highest BCUT2D eigenvalue weighted by Gasteiger charge is 2.22. The minimum Gasteiger partial charge on any atom is -0.352 e. The number of amides is 2. The quantitative estimate of drug-likeness (QED) is 0.711. The van der Waals surface area contributed by atoms with Crippen LogP contribution in [0.5, 0.6) is 0 Å². The maximum Gasteiger partial charge on any atom is 0.253 e. The first kappa shape index (κ1) is 19.6. The maximum absolute atomic E-state index is 12.6. The fraction of sp³-hybridized carbons (Fsp3) is 0.650. The van der Waals surface area contributed by atoms with E-state index in [1.165, 1.54) is 12.8 Å². The Bertz CT molecular complexity index is 664. The minimum absolute atomic E-state index is 0.0449. The summed E-state index contributed by atoms with van der Waals surface area (Å²) >= 11 is 0. The molecule has 1 aromatic rings. The molecule has 0 unspecified atom stereocenters. The van der Waals surface area contributed by atoms with E-state index in [0.717, 1.165) is 44.8 Å². The summed E-state index contributed by atoms with van der Waals surface area (Å²) in [5, 5.41) is 9.40. The van der Waals surface area contributed by atoms with Gasteiger partial charge in [-0.15, -0.1) is 0 Å². The fourth-order valence-electron chi connectivity index (χ4n) is 3.71. The number of nitrogens with zero attached hydrogens (tertiary/aromatic N) is 2. The Labute approximate surface area is 161 Å². The van der Waals surface area contributed by atoms with E-state index in [4.69, 9.17) is 0 Å². The first-order valence-electron chi connectivity index (χ1n) is 10.1. The SMILES string of the molecule is CC(C)CC(=O)Nc1cc(C(=O)NC2CCCC2)cnc1N1CCNCC1. The number of rotatable bonds is 6. The minimum atomic E-state index is -0.111. The first-order valence-corrected chi connectivity index (χ1v) is 10.1. The van der Waals surface area contributed by atoms with Gasteiger partial charge in [0.05, 0.1) is 11.3 Å². The van der Waals surface area contributed by atoms with Gasteiger partial charge in [-0.1, -0.05) is 26.7 Å². The number of carbonyl (C=O) groups is 2. The summed E-state index contributed by atoms with van der Waals surface area (Å²) in [6, 6.07) is 2.02. The predicted molar refractivity (Wildman–Crippen MR) is 107 cm³/mol. The molecule has 1 aromatic heterocycles. The molecule has 7 nitrogen and oxygen atoms in total. The number of hydrogen-bond donors (Lipinski definition) is 3. The van der Waals surface area contributed by atoms with Crippen molar-refractivity contribution >= 4 is 23.3 Å². The van der Waals surface area contributed by atoms with Crippen molar-refractivity contribution in [1.82, 2.24) is 15.6 Å². The maximum atomic E-state index is 12.6. The van der Waals surface area contributed by atoms with E-state index >= 15 is 0 Å². The fourth-order valence-corrected chi connectivity index (χ4v) is 3.71. The zero-order valence-electron chi connectivity index (χ0n) is 16.4. The van der Waals surface area contributed by atoms with Crippen LogP contribution in [0.4, 0.5) is 11.5 Å². The molecular formula is C20H31N5O2. The van der Waals surface area contributed by atoms with Crippen LogP contribution in [0.1, 0.15) is 56.3 Å². The van der Waals surface area contributed by atoms with E-state index in [-0.39, 0.29) is 23.8 Å². The number of anilines is 2. The monoisotopic (exact) mass is 373 g/mol. The third-order valence-electron chi connectivity index (χ3n) is 5.10. The lowest BCUT2D eigenvalue weighted by Crippen LogP contribution is -2.44. The van der Waals surface area contributed by atoms with Gasteiger partial charge in [0.25, 0.3) is 5.91 Å². The van der Waals surface area contributed by atoms with Crippen LogP contribution < -0.4 is 20.9 Å². The molecule has 148 valence electrons. The summed E-state index contributed by atoms with van der Waals surface area (Å²) in [7, 11) is 0. The third kappa shape index (κ3) is 5.42. The van der Waals surface area contributed by atoms with E-state index < -0.39 is 0 Å². The molecule has 3 rings (SSSR count). The van der Waals surface area contributed by atoms with Crippen molar-refractivity contribution in [3.8, 4) is 0 Å². The van der Waals surface area contributed by atoms with Crippen LogP contribution in [0.25, 0.3) is 0 Å². The van der Waals surface area contributed by atoms with E-state index in [0.29, 0.717) is 17.7 Å². The first-order chi connectivity index (χ1) is 13.0. The normalized spacial score (nSPS) is 18.0. The Kier molecular flexibility index (Phi) is 6.66. The van der Waals surface area contributed by atoms with Gasteiger partial charge < -0.3 is 20.9 Å². The topological polar surface area (TPSA) is 86.4 Å². The van der Waals surface area contributed by atoms with Gasteiger partial charge in [-0.3, -0.25) is 9.59 Å². The summed E-state index contributed by atoms with van der Waals surface area (Å²) in [6.07, 6.45) is 6.48. The summed E-state index contributed by atoms with van der Waals surface area (Å²) in [5.41, 5.74) is 1.13. The van der Waals surface area contributed by atoms with Crippen LogP contribution in [0, 0.1) is 5.92 Å². The highest BCUT2D eigenvalue weighted by Crippen LogP contribution is 2.26. The van der Waals surface area contributed by atoms with E-state index in [2.05, 4.69) is 25.8 Å². The van der Waals surface area contributed by atoms with Gasteiger partial charge in [-0.25, -0.2) is 4.98 Å². The number of piperazine rings is 1. The summed E-state index contributed by atoms with van der Waals surface area (Å²) in [5.74, 6) is 0.859. The molecule has 1 saturated carbocycles. The number of hydrogen-bond acceptors (Lipinski definition) is 5. The largest absolute Gasteiger partial charge is 0.352 e. The van der Waals surface area contributed by atoms with Gasteiger partial charge in [0.1, 0.15) is 0 Å². The molecule has 27 heavy (non-hydrogen) atoms. The standard InChI is InChI=1S/C20H31N5O2/c1-14(2)11-18(26)24-17-12-15(20(27)23-16-5-3-4-6-16)13-22-19(17)25-9-7-21-8-10-25/h12-14,16,21H,3-11H2,1-2H3,(H,23,27)(H,24,26). The zero-order chi connectivity index (χ0) is 19.2. The third-order valence-corrected chi connectivity index (χ3v) is 5.10. The van der Waals surface area contributed by atoms with E-state index in [1.54, 1.807) is 12.3 Å². The van der Waals surface area contributed by atoms with Crippen LogP contribution in [0.3, 0.4) is 0 Å². The molecule has 1 aliphatic carbocycles. The van der Waals surface area contributed by atoms with Crippen molar-refractivity contribution in [3.63, 3.8) is 0 Å². The van der Waals surface area contributed by atoms with E-state index in [1.807, 2.05) is 13.8 Å². The molecule has 0 aromatic carbocycles. The lowest BCUT2D eigenvalue weighted by atomic mass is 10.1. The molecule has 1 saturated heterocycles. The molecule has 0 bridgehead atoms. The van der Waals surface area contributed by atoms with Crippen molar-refractivity contribution < 1.29 is 9.59 Å². The van der Waals surface area contributed by atoms with Gasteiger partial charge in [0, 0.05) is 44.8 Å². The highest BCUT2D eigenvalue weighted by atomic mass is 16.2. The van der Waals surface area contributed by atoms with Crippen LogP contribution in [0.15, 0.2) is 12.3 Å². The van der Waals surface area contributed by atoms with Crippen molar-refractivity contribution in [1.29, 1.82) is 0 Å². The van der Waals surface area contributed by atoms with Gasteiger partial charge in [0.15, 0.2) is 5.82 Å². The van der Waals surface area contributed by atoms with Gasteiger partial charge in [-0.05, 0) is 24.8 Å². The summed E-state index contributed by atoms with van der Waals surface area (Å²) in [6.45, 7) is 7.44. The summed E-state index contributed by atoms with van der Waals surface area (Å²) < 4.78 is 0. The van der Waals surface area contributed by atoms with Crippen molar-refractivity contribution in [3.05, 3.63) is 17.8 Å². The molecule has 0 atom stereocenters. The number of nitrogens with one attached hydrogen (secondary N) is 3. The molecule has 2 fully saturated rings. The number of carbonyl (C=O) groups excluding carboxylic acids is 2. The van der Waals surface area contributed by atoms with Crippen molar-refractivity contribution in [2.45, 2.75) is 52.0 Å². The highest BCUT2D eigenvalue weighted by molar-refractivity contribution is 5.99. The Balaban J connectivity index is 1.79. The Hall–Kier alpha value is -2.15. The zero-order valence-corrected chi connectivity index (χ0v) is 16.4. The average molecular weight is 374 g/mol. The lowest BCUT2D eigenvalue weighted by Gasteiger charge is -2.30. The van der Waals surface area contributed by atoms with Crippen LogP contribution in [-0.2, 0) is 4.79 Å². The predicted octanol–water partition coefficient (Wildman–Crippen LogP) is 2.15. The smallest absolute Gasteiger partial charge is 0.253 e. The van der Waals surface area contributed by atoms with Gasteiger partial charge in [-0.2, -0.15) is 0 Å². The molecule has 0 spiro atoms. The molecule has 0 radical (unpaired) electrons. The average Bonchev–Trinajstić information content (AvgIpc) is 3.14. The van der Waals surface area contributed by atoms with Crippen molar-refractivity contribution in [2.75, 3.05) is 36.4 Å². The molecular weight excluding hydrogens is 342 g/mol. The van der Waals surface area contributed by atoms with Crippen LogP contribution >= 0.6 is 0 Å². The molecule has 1 aliphatic heterocycles. The second kappa shape index (κ2) is 9.17. The molecule has 2 heterocycles. The lowest BCUT2D eigenvalue weighted by molar-refractivity contribution is -0.116. The molecule has 3 N–H and O–H groups in total. The van der Waals surface area contributed by atoms with Gasteiger partial charge in [0.2, 0.25) is 5.91 Å². The second-order valence-electron chi connectivity index (χ2n) is 7.93. The van der Waals surface area contributed by atoms with Crippen LogP contribution in [0.2, 0.25) is 0 Å². The Morgan fingerprint density at radius 1 is 1.26 bits per heavy atom. The van der Waals surface area contributed by atoms with Gasteiger partial charge >= 0.3 is 0 Å². The molecule has 7 heteroatoms. The Morgan fingerprint density at radius 2 is 1.96 bits per heavy atom. The summed E-state index contributed by atoms with van der Waals surface area (Å²) in [4.78, 5) is 31.7. The molecule has 2 aliphatic rings. The van der Waals surface area contributed by atoms with Crippen molar-refractivity contribution in [2.24, 2.45) is 5.92 Å². The Morgan fingerprint density at radius 3 is 2.63 bits per heavy atom. The second-order valence-corrected chi connectivity index (χ2v) is 7.93.